The van der Waals surface area contributed by atoms with Gasteiger partial charge in [0.1, 0.15) is 0 Å². The van der Waals surface area contributed by atoms with Crippen molar-refractivity contribution in [3.63, 3.8) is 0 Å². The summed E-state index contributed by atoms with van der Waals surface area (Å²) in [5, 5.41) is 6.84. The Labute approximate surface area is 95.0 Å². The number of hydrogen-bond donors (Lipinski definition) is 1. The molecule has 0 aliphatic heterocycles. The van der Waals surface area contributed by atoms with Gasteiger partial charge in [-0.05, 0) is 42.0 Å². The van der Waals surface area contributed by atoms with E-state index < -0.39 is 0 Å². The Morgan fingerprint density at radius 2 is 2.27 bits per heavy atom. The van der Waals surface area contributed by atoms with Crippen LogP contribution in [0.5, 0.6) is 0 Å². The molecule has 0 amide bonds. The van der Waals surface area contributed by atoms with Gasteiger partial charge in [0, 0.05) is 0 Å². The highest BCUT2D eigenvalue weighted by atomic mass is 79.9. The maximum absolute atomic E-state index is 5.31. The van der Waals surface area contributed by atoms with Gasteiger partial charge in [0.25, 0.3) is 0 Å². The summed E-state index contributed by atoms with van der Waals surface area (Å²) in [5.74, 6) is 1.58. The lowest BCUT2D eigenvalue weighted by Gasteiger charge is -2.01. The number of furan rings is 1. The van der Waals surface area contributed by atoms with Crippen molar-refractivity contribution in [3.8, 4) is 11.6 Å². The van der Waals surface area contributed by atoms with E-state index in [0.29, 0.717) is 22.1 Å². The lowest BCUT2D eigenvalue weighted by atomic mass is 10.3. The molecule has 1 atom stereocenters. The molecule has 0 bridgehead atoms. The van der Waals surface area contributed by atoms with Gasteiger partial charge in [-0.1, -0.05) is 5.16 Å². The van der Waals surface area contributed by atoms with E-state index in [9.17, 15) is 0 Å². The number of aromatic nitrogens is 2. The lowest BCUT2D eigenvalue weighted by Crippen LogP contribution is -2.12. The maximum Gasteiger partial charge on any atom is 0.243 e. The van der Waals surface area contributed by atoms with Crippen LogP contribution >= 0.6 is 15.9 Å². The molecule has 6 heteroatoms. The fraction of sp³-hybridized carbons (Fsp3) is 0.333. The second-order valence-electron chi connectivity index (χ2n) is 3.07. The SMILES string of the molecule is CNC(C)c1nc(-c2ccc(Br)o2)no1. The molecule has 0 aromatic carbocycles. The molecule has 0 aliphatic carbocycles. The quantitative estimate of drug-likeness (QED) is 0.929. The summed E-state index contributed by atoms with van der Waals surface area (Å²) >= 11 is 3.21. The van der Waals surface area contributed by atoms with Crippen molar-refractivity contribution in [2.24, 2.45) is 0 Å². The van der Waals surface area contributed by atoms with Crippen LogP contribution < -0.4 is 5.32 Å². The molecule has 2 rings (SSSR count). The van der Waals surface area contributed by atoms with Crippen LogP contribution in [-0.4, -0.2) is 17.2 Å². The van der Waals surface area contributed by atoms with Crippen molar-refractivity contribution >= 4 is 15.9 Å². The Morgan fingerprint density at radius 3 is 2.87 bits per heavy atom. The average molecular weight is 272 g/mol. The Balaban J connectivity index is 2.27. The summed E-state index contributed by atoms with van der Waals surface area (Å²) in [4.78, 5) is 4.21. The predicted octanol–water partition coefficient (Wildman–Crippen LogP) is 2.37. The minimum atomic E-state index is 0.0321. The number of halogens is 1. The smallest absolute Gasteiger partial charge is 0.243 e. The van der Waals surface area contributed by atoms with E-state index in [1.807, 2.05) is 14.0 Å². The molecule has 0 spiro atoms. The second-order valence-corrected chi connectivity index (χ2v) is 3.85. The third kappa shape index (κ3) is 2.10. The fourth-order valence-corrected chi connectivity index (χ4v) is 1.38. The van der Waals surface area contributed by atoms with E-state index in [4.69, 9.17) is 8.94 Å². The zero-order chi connectivity index (χ0) is 10.8. The van der Waals surface area contributed by atoms with E-state index in [0.717, 1.165) is 0 Å². The molecule has 80 valence electrons. The minimum absolute atomic E-state index is 0.0321. The van der Waals surface area contributed by atoms with E-state index in [1.54, 1.807) is 12.1 Å². The lowest BCUT2D eigenvalue weighted by molar-refractivity contribution is 0.346. The van der Waals surface area contributed by atoms with Gasteiger partial charge < -0.3 is 14.3 Å². The summed E-state index contributed by atoms with van der Waals surface area (Å²) in [6, 6.07) is 3.60. The third-order valence-corrected chi connectivity index (χ3v) is 2.46. The normalized spacial score (nSPS) is 13.0. The van der Waals surface area contributed by atoms with Crippen LogP contribution in [0.2, 0.25) is 0 Å². The van der Waals surface area contributed by atoms with Gasteiger partial charge in [0.2, 0.25) is 11.7 Å². The topological polar surface area (TPSA) is 64.1 Å². The molecule has 1 unspecified atom stereocenters. The highest BCUT2D eigenvalue weighted by Gasteiger charge is 2.15. The molecule has 1 N–H and O–H groups in total. The molecular weight excluding hydrogens is 262 g/mol. The molecule has 0 saturated heterocycles. The second kappa shape index (κ2) is 4.16. The first-order chi connectivity index (χ1) is 7.20. The maximum atomic E-state index is 5.31. The molecule has 0 radical (unpaired) electrons. The number of rotatable bonds is 3. The molecule has 0 fully saturated rings. The van der Waals surface area contributed by atoms with Crippen molar-refractivity contribution in [3.05, 3.63) is 22.7 Å². The van der Waals surface area contributed by atoms with E-state index in [-0.39, 0.29) is 6.04 Å². The van der Waals surface area contributed by atoms with Crippen LogP contribution in [0, 0.1) is 0 Å². The van der Waals surface area contributed by atoms with Crippen molar-refractivity contribution in [1.82, 2.24) is 15.5 Å². The first kappa shape index (κ1) is 10.4. The highest BCUT2D eigenvalue weighted by Crippen LogP contribution is 2.23. The van der Waals surface area contributed by atoms with Crippen LogP contribution in [0.4, 0.5) is 0 Å². The summed E-state index contributed by atoms with van der Waals surface area (Å²) in [6.07, 6.45) is 0. The van der Waals surface area contributed by atoms with E-state index in [2.05, 4.69) is 31.4 Å². The third-order valence-electron chi connectivity index (χ3n) is 2.04. The van der Waals surface area contributed by atoms with Gasteiger partial charge in [-0.25, -0.2) is 0 Å². The summed E-state index contributed by atoms with van der Waals surface area (Å²) < 4.78 is 11.0. The fourth-order valence-electron chi connectivity index (χ4n) is 1.07. The van der Waals surface area contributed by atoms with Crippen molar-refractivity contribution in [2.45, 2.75) is 13.0 Å². The zero-order valence-corrected chi connectivity index (χ0v) is 9.91. The van der Waals surface area contributed by atoms with Crippen LogP contribution in [-0.2, 0) is 0 Å². The average Bonchev–Trinajstić information content (AvgIpc) is 2.84. The van der Waals surface area contributed by atoms with Gasteiger partial charge in [-0.3, -0.25) is 0 Å². The van der Waals surface area contributed by atoms with Gasteiger partial charge in [0.05, 0.1) is 6.04 Å². The Hall–Kier alpha value is -1.14. The monoisotopic (exact) mass is 271 g/mol. The van der Waals surface area contributed by atoms with E-state index >= 15 is 0 Å². The minimum Gasteiger partial charge on any atom is -0.446 e. The molecule has 2 aromatic rings. The Bertz CT molecular complexity index is 452. The molecule has 0 saturated carbocycles. The predicted molar refractivity (Wildman–Crippen MR) is 57.2 cm³/mol. The summed E-state index contributed by atoms with van der Waals surface area (Å²) in [7, 11) is 1.83. The number of nitrogens with zero attached hydrogens (tertiary/aromatic N) is 2. The number of nitrogens with one attached hydrogen (secondary N) is 1. The molecule has 5 nitrogen and oxygen atoms in total. The molecule has 0 aliphatic rings. The van der Waals surface area contributed by atoms with Crippen molar-refractivity contribution < 1.29 is 8.94 Å². The van der Waals surface area contributed by atoms with E-state index in [1.165, 1.54) is 0 Å². The Morgan fingerprint density at radius 1 is 1.47 bits per heavy atom. The standard InChI is InChI=1S/C9H10BrN3O2/c1-5(11-2)9-12-8(13-15-9)6-3-4-7(10)14-6/h3-5,11H,1-2H3. The molecule has 2 heterocycles. The van der Waals surface area contributed by atoms with Crippen molar-refractivity contribution in [1.29, 1.82) is 0 Å². The highest BCUT2D eigenvalue weighted by molar-refractivity contribution is 9.10. The van der Waals surface area contributed by atoms with Gasteiger partial charge in [-0.15, -0.1) is 0 Å². The molecule has 15 heavy (non-hydrogen) atoms. The first-order valence-electron chi connectivity index (χ1n) is 4.47. The van der Waals surface area contributed by atoms with Crippen molar-refractivity contribution in [2.75, 3.05) is 7.05 Å². The molecule has 2 aromatic heterocycles. The number of hydrogen-bond acceptors (Lipinski definition) is 5. The van der Waals surface area contributed by atoms with Gasteiger partial charge >= 0.3 is 0 Å². The Kier molecular flexibility index (Phi) is 2.88. The first-order valence-corrected chi connectivity index (χ1v) is 5.26. The van der Waals surface area contributed by atoms with Gasteiger partial charge in [0.15, 0.2) is 10.4 Å². The summed E-state index contributed by atoms with van der Waals surface area (Å²) in [6.45, 7) is 1.94. The van der Waals surface area contributed by atoms with Gasteiger partial charge in [-0.2, -0.15) is 4.98 Å². The van der Waals surface area contributed by atoms with Crippen LogP contribution in [0.3, 0.4) is 0 Å². The van der Waals surface area contributed by atoms with Crippen LogP contribution in [0.15, 0.2) is 25.7 Å². The molecular formula is C9H10BrN3O2. The zero-order valence-electron chi connectivity index (χ0n) is 8.32. The van der Waals surface area contributed by atoms with Crippen LogP contribution in [0.25, 0.3) is 11.6 Å². The largest absolute Gasteiger partial charge is 0.446 e. The van der Waals surface area contributed by atoms with Crippen LogP contribution in [0.1, 0.15) is 18.9 Å². The summed E-state index contributed by atoms with van der Waals surface area (Å²) in [5.41, 5.74) is 0.